The summed E-state index contributed by atoms with van der Waals surface area (Å²) in [6, 6.07) is 5.68. The van der Waals surface area contributed by atoms with Crippen molar-refractivity contribution in [2.45, 2.75) is 98.4 Å². The summed E-state index contributed by atoms with van der Waals surface area (Å²) in [6.07, 6.45) is 1.83. The van der Waals surface area contributed by atoms with Gasteiger partial charge in [-0.2, -0.15) is 0 Å². The number of Topliss-reactive ketones (excluding diaryl/α,β-unsaturated/α-hetero) is 1. The quantitative estimate of drug-likeness (QED) is 0.512. The van der Waals surface area contributed by atoms with E-state index in [0.29, 0.717) is 23.8 Å². The topological polar surface area (TPSA) is 110 Å². The van der Waals surface area contributed by atoms with Crippen LogP contribution in [0.2, 0.25) is 0 Å². The number of oxazole rings is 1. The number of nitrogens with zero attached hydrogens (tertiary/aromatic N) is 1. The Morgan fingerprint density at radius 2 is 1.83 bits per heavy atom. The van der Waals surface area contributed by atoms with Gasteiger partial charge in [-0.15, -0.1) is 0 Å². The van der Waals surface area contributed by atoms with E-state index in [2.05, 4.69) is 11.9 Å². The van der Waals surface area contributed by atoms with Crippen molar-refractivity contribution in [3.8, 4) is 0 Å². The number of aliphatic hydroxyl groups excluding tert-OH is 2. The van der Waals surface area contributed by atoms with Gasteiger partial charge in [0.2, 0.25) is 0 Å². The molecule has 1 saturated heterocycles. The van der Waals surface area contributed by atoms with Crippen LogP contribution >= 0.6 is 0 Å². The maximum absolute atomic E-state index is 13.3. The largest absolute Gasteiger partial charge is 0.457 e. The summed E-state index contributed by atoms with van der Waals surface area (Å²) in [7, 11) is 0. The first kappa shape index (κ1) is 26.8. The average molecular weight is 500 g/mol. The Labute approximate surface area is 213 Å². The molecule has 0 unspecified atom stereocenters. The molecular weight excluding hydrogens is 458 g/mol. The van der Waals surface area contributed by atoms with E-state index in [1.165, 1.54) is 0 Å². The van der Waals surface area contributed by atoms with Crippen LogP contribution in [0.1, 0.15) is 90.7 Å². The van der Waals surface area contributed by atoms with Gasteiger partial charge in [-0.05, 0) is 60.6 Å². The van der Waals surface area contributed by atoms with E-state index >= 15 is 0 Å². The fraction of sp³-hybridized carbons (Fsp3) is 0.690. The highest BCUT2D eigenvalue weighted by molar-refractivity contribution is 5.88. The molecule has 1 saturated carbocycles. The molecule has 1 aliphatic heterocycles. The summed E-state index contributed by atoms with van der Waals surface area (Å²) in [4.78, 5) is 30.8. The normalized spacial score (nSPS) is 36.3. The molecule has 7 nitrogen and oxygen atoms in total. The molecule has 0 radical (unpaired) electrons. The number of esters is 1. The van der Waals surface area contributed by atoms with Gasteiger partial charge < -0.3 is 19.4 Å². The highest BCUT2D eigenvalue weighted by Crippen LogP contribution is 2.59. The molecular formula is C29H41NO6. The molecule has 2 N–H and O–H groups in total. The molecule has 7 atom stereocenters. The number of ketones is 1. The fourth-order valence-electron chi connectivity index (χ4n) is 5.97. The second-order valence-corrected chi connectivity index (χ2v) is 12.2. The van der Waals surface area contributed by atoms with Gasteiger partial charge in [0, 0.05) is 12.8 Å². The molecule has 0 amide bonds. The smallest absolute Gasteiger partial charge is 0.309 e. The number of aryl methyl sites for hydroxylation is 1. The first-order chi connectivity index (χ1) is 16.8. The van der Waals surface area contributed by atoms with Crippen molar-refractivity contribution in [2.75, 3.05) is 0 Å². The van der Waals surface area contributed by atoms with Crippen LogP contribution in [0.15, 0.2) is 22.6 Å². The maximum Gasteiger partial charge on any atom is 0.309 e. The Balaban J connectivity index is 1.61. The highest BCUT2D eigenvalue weighted by atomic mass is 16.5. The Kier molecular flexibility index (Phi) is 7.37. The van der Waals surface area contributed by atoms with Crippen molar-refractivity contribution in [3.63, 3.8) is 0 Å². The second-order valence-electron chi connectivity index (χ2n) is 12.2. The zero-order valence-corrected chi connectivity index (χ0v) is 22.4. The van der Waals surface area contributed by atoms with Crippen molar-refractivity contribution >= 4 is 22.9 Å². The summed E-state index contributed by atoms with van der Waals surface area (Å²) in [5.74, 6) is -0.451. The van der Waals surface area contributed by atoms with E-state index in [-0.39, 0.29) is 23.5 Å². The lowest BCUT2D eigenvalue weighted by molar-refractivity contribution is -0.156. The molecule has 2 fully saturated rings. The minimum atomic E-state index is -1.22. The third kappa shape index (κ3) is 5.37. The number of aromatic nitrogens is 1. The standard InChI is InChI=1S/C29H41NO6/c1-16-8-7-11-29(6)15-20(29)13-23(19-9-10-22-21(12-19)30-18(3)35-22)36-25(32)14-24(31)28(4,5)27(34)17(2)26(16)33/h9-10,12,16-17,20,23-24,26,31,33H,7-8,11,13-15H2,1-6H3/t16-,17+,20+,23-,24-,26-,29-/m0/s1. The summed E-state index contributed by atoms with van der Waals surface area (Å²) in [5.41, 5.74) is 1.24. The molecule has 4 rings (SSSR count). The van der Waals surface area contributed by atoms with Gasteiger partial charge in [-0.3, -0.25) is 9.59 Å². The molecule has 2 aromatic rings. The van der Waals surface area contributed by atoms with E-state index < -0.39 is 35.6 Å². The zero-order valence-electron chi connectivity index (χ0n) is 22.4. The number of aliphatic hydroxyl groups is 2. The molecule has 1 aromatic heterocycles. The Morgan fingerprint density at radius 3 is 2.56 bits per heavy atom. The summed E-state index contributed by atoms with van der Waals surface area (Å²) in [5, 5.41) is 21.8. The average Bonchev–Trinajstić information content (AvgIpc) is 3.28. The van der Waals surface area contributed by atoms with Crippen LogP contribution in [0.3, 0.4) is 0 Å². The maximum atomic E-state index is 13.3. The first-order valence-corrected chi connectivity index (χ1v) is 13.3. The Bertz CT molecular complexity index is 1120. The van der Waals surface area contributed by atoms with Crippen molar-refractivity contribution in [2.24, 2.45) is 28.6 Å². The van der Waals surface area contributed by atoms with Gasteiger partial charge in [0.25, 0.3) is 0 Å². The molecule has 0 bridgehead atoms. The number of hydrogen-bond acceptors (Lipinski definition) is 7. The highest BCUT2D eigenvalue weighted by Gasteiger charge is 2.50. The number of carbonyl (C=O) groups excluding carboxylic acids is 2. The van der Waals surface area contributed by atoms with E-state index in [0.717, 1.165) is 36.8 Å². The number of fused-ring (bicyclic) bond motifs is 2. The van der Waals surface area contributed by atoms with Crippen LogP contribution in [0, 0.1) is 35.5 Å². The minimum Gasteiger partial charge on any atom is -0.457 e. The predicted octanol–water partition coefficient (Wildman–Crippen LogP) is 5.30. The number of ether oxygens (including phenoxy) is 1. The number of hydrogen-bond donors (Lipinski definition) is 2. The molecule has 0 spiro atoms. The SMILES string of the molecule is Cc1nc2cc([C@@H]3C[C@@H]4C[C@]4(C)CCC[C@H](C)[C@H](O)[C@@H](C)C(=O)C(C)(C)[C@@H](O)CC(=O)O3)ccc2o1. The lowest BCUT2D eigenvalue weighted by Crippen LogP contribution is -2.45. The number of cyclic esters (lactones) is 1. The second kappa shape index (κ2) is 9.90. The number of benzene rings is 1. The molecule has 198 valence electrons. The monoisotopic (exact) mass is 499 g/mol. The molecule has 1 aliphatic carbocycles. The van der Waals surface area contributed by atoms with Crippen LogP contribution < -0.4 is 0 Å². The van der Waals surface area contributed by atoms with Crippen LogP contribution in [0.5, 0.6) is 0 Å². The zero-order chi connectivity index (χ0) is 26.4. The third-order valence-electron chi connectivity index (χ3n) is 8.95. The summed E-state index contributed by atoms with van der Waals surface area (Å²) < 4.78 is 11.6. The minimum absolute atomic E-state index is 0.0269. The Morgan fingerprint density at radius 1 is 1.11 bits per heavy atom. The van der Waals surface area contributed by atoms with Gasteiger partial charge in [0.15, 0.2) is 11.5 Å². The van der Waals surface area contributed by atoms with Crippen molar-refractivity contribution < 1.29 is 29.0 Å². The third-order valence-corrected chi connectivity index (χ3v) is 8.95. The van der Waals surface area contributed by atoms with Crippen LogP contribution in [0.4, 0.5) is 0 Å². The van der Waals surface area contributed by atoms with E-state index in [1.54, 1.807) is 27.7 Å². The van der Waals surface area contributed by atoms with Crippen LogP contribution in [-0.4, -0.2) is 39.2 Å². The number of carbonyl (C=O) groups is 2. The molecule has 2 heterocycles. The van der Waals surface area contributed by atoms with Crippen molar-refractivity contribution in [1.29, 1.82) is 0 Å². The van der Waals surface area contributed by atoms with Crippen molar-refractivity contribution in [3.05, 3.63) is 29.7 Å². The lowest BCUT2D eigenvalue weighted by atomic mass is 9.73. The first-order valence-electron chi connectivity index (χ1n) is 13.3. The summed E-state index contributed by atoms with van der Waals surface area (Å²) >= 11 is 0. The Hall–Kier alpha value is -2.25. The van der Waals surface area contributed by atoms with Crippen LogP contribution in [-0.2, 0) is 14.3 Å². The van der Waals surface area contributed by atoms with Gasteiger partial charge >= 0.3 is 5.97 Å². The number of rotatable bonds is 1. The van der Waals surface area contributed by atoms with Gasteiger partial charge in [0.1, 0.15) is 17.4 Å². The van der Waals surface area contributed by atoms with Gasteiger partial charge in [-0.1, -0.05) is 47.1 Å². The summed E-state index contributed by atoms with van der Waals surface area (Å²) in [6.45, 7) is 11.1. The van der Waals surface area contributed by atoms with E-state index in [4.69, 9.17) is 9.15 Å². The fourth-order valence-corrected chi connectivity index (χ4v) is 5.97. The van der Waals surface area contributed by atoms with Gasteiger partial charge in [-0.25, -0.2) is 4.98 Å². The van der Waals surface area contributed by atoms with E-state index in [9.17, 15) is 19.8 Å². The molecule has 36 heavy (non-hydrogen) atoms. The van der Waals surface area contributed by atoms with Gasteiger partial charge in [0.05, 0.1) is 24.0 Å². The van der Waals surface area contributed by atoms with E-state index in [1.807, 2.05) is 25.1 Å². The molecule has 2 aliphatic rings. The molecule has 7 heteroatoms. The lowest BCUT2D eigenvalue weighted by Gasteiger charge is -2.34. The predicted molar refractivity (Wildman–Crippen MR) is 136 cm³/mol. The van der Waals surface area contributed by atoms with Crippen LogP contribution in [0.25, 0.3) is 11.1 Å². The molecule has 1 aromatic carbocycles. The van der Waals surface area contributed by atoms with Crippen molar-refractivity contribution in [1.82, 2.24) is 4.98 Å².